The Balaban J connectivity index is 1.69. The zero-order valence-electron chi connectivity index (χ0n) is 18.2. The molecule has 1 unspecified atom stereocenters. The van der Waals surface area contributed by atoms with Crippen LogP contribution in [0, 0.1) is 0 Å². The van der Waals surface area contributed by atoms with Crippen LogP contribution in [-0.4, -0.2) is 53.4 Å². The highest BCUT2D eigenvalue weighted by Crippen LogP contribution is 2.29. The molecule has 1 N–H and O–H groups in total. The molecule has 0 bridgehead atoms. The number of rotatable bonds is 7. The van der Waals surface area contributed by atoms with Crippen molar-refractivity contribution in [1.82, 2.24) is 4.90 Å². The Morgan fingerprint density at radius 3 is 2.41 bits per heavy atom. The maximum Gasteiger partial charge on any atom is 0.338 e. The van der Waals surface area contributed by atoms with Gasteiger partial charge in [-0.15, -0.1) is 0 Å². The van der Waals surface area contributed by atoms with Crippen LogP contribution >= 0.6 is 11.8 Å². The number of aliphatic imine (C=N–C) groups is 1. The van der Waals surface area contributed by atoms with Gasteiger partial charge in [0.15, 0.2) is 5.17 Å². The fraction of sp³-hybridized carbons (Fsp3) is 0.304. The molecule has 0 saturated carbocycles. The second-order valence-electron chi connectivity index (χ2n) is 6.87. The highest BCUT2D eigenvalue weighted by atomic mass is 32.2. The van der Waals surface area contributed by atoms with Crippen LogP contribution < -0.4 is 10.1 Å². The van der Waals surface area contributed by atoms with Gasteiger partial charge in [-0.3, -0.25) is 14.5 Å². The Morgan fingerprint density at radius 1 is 1.09 bits per heavy atom. The number of anilines is 1. The first-order chi connectivity index (χ1) is 15.4. The fourth-order valence-electron chi connectivity index (χ4n) is 2.92. The van der Waals surface area contributed by atoms with Crippen LogP contribution in [0.2, 0.25) is 0 Å². The molecule has 1 fully saturated rings. The molecule has 2 amide bonds. The van der Waals surface area contributed by atoms with Gasteiger partial charge in [-0.05, 0) is 62.4 Å². The average Bonchev–Trinajstić information content (AvgIpc) is 2.79. The number of amidine groups is 1. The first kappa shape index (κ1) is 23.3. The van der Waals surface area contributed by atoms with Gasteiger partial charge in [0.05, 0.1) is 24.5 Å². The van der Waals surface area contributed by atoms with Gasteiger partial charge in [0.2, 0.25) is 11.8 Å². The van der Waals surface area contributed by atoms with Crippen LogP contribution in [0.15, 0.2) is 53.5 Å². The molecule has 32 heavy (non-hydrogen) atoms. The van der Waals surface area contributed by atoms with Crippen molar-refractivity contribution in [2.45, 2.75) is 25.5 Å². The van der Waals surface area contributed by atoms with Gasteiger partial charge in [0.25, 0.3) is 0 Å². The summed E-state index contributed by atoms with van der Waals surface area (Å²) in [5.74, 6) is -0.175. The molecule has 1 heterocycles. The normalized spacial score (nSPS) is 17.2. The summed E-state index contributed by atoms with van der Waals surface area (Å²) in [5, 5.41) is 2.62. The van der Waals surface area contributed by atoms with Gasteiger partial charge < -0.3 is 14.8 Å². The largest absolute Gasteiger partial charge is 0.494 e. The second-order valence-corrected chi connectivity index (χ2v) is 8.04. The van der Waals surface area contributed by atoms with E-state index in [9.17, 15) is 14.4 Å². The van der Waals surface area contributed by atoms with Crippen LogP contribution in [0.25, 0.3) is 0 Å². The van der Waals surface area contributed by atoms with E-state index in [1.807, 2.05) is 19.1 Å². The summed E-state index contributed by atoms with van der Waals surface area (Å²) in [6.45, 7) is 4.51. The summed E-state index contributed by atoms with van der Waals surface area (Å²) in [7, 11) is 1.64. The minimum atomic E-state index is -0.620. The zero-order chi connectivity index (χ0) is 23.1. The minimum absolute atomic E-state index is 0.0657. The number of esters is 1. The molecule has 3 rings (SSSR count). The number of ether oxygens (including phenoxy) is 2. The number of carbonyl (C=O) groups is 3. The third-order valence-corrected chi connectivity index (χ3v) is 5.84. The molecule has 1 saturated heterocycles. The van der Waals surface area contributed by atoms with Crippen molar-refractivity contribution >= 4 is 46.1 Å². The van der Waals surface area contributed by atoms with E-state index >= 15 is 0 Å². The van der Waals surface area contributed by atoms with Gasteiger partial charge in [-0.25, -0.2) is 9.79 Å². The number of nitrogens with one attached hydrogen (secondary N) is 1. The first-order valence-electron chi connectivity index (χ1n) is 10.2. The van der Waals surface area contributed by atoms with Gasteiger partial charge in [-0.1, -0.05) is 11.8 Å². The van der Waals surface area contributed by atoms with E-state index in [0.29, 0.717) is 35.3 Å². The highest BCUT2D eigenvalue weighted by molar-refractivity contribution is 8.15. The summed E-state index contributed by atoms with van der Waals surface area (Å²) >= 11 is 1.23. The van der Waals surface area contributed by atoms with E-state index in [4.69, 9.17) is 9.47 Å². The number of nitrogens with zero attached hydrogens (tertiary/aromatic N) is 2. The summed E-state index contributed by atoms with van der Waals surface area (Å²) in [6, 6.07) is 13.6. The molecule has 1 aliphatic heterocycles. The molecular weight excluding hydrogens is 430 g/mol. The highest BCUT2D eigenvalue weighted by Gasteiger charge is 2.34. The van der Waals surface area contributed by atoms with Crippen molar-refractivity contribution < 1.29 is 23.9 Å². The van der Waals surface area contributed by atoms with E-state index in [0.717, 1.165) is 5.75 Å². The molecule has 9 heteroatoms. The van der Waals surface area contributed by atoms with Crippen molar-refractivity contribution in [2.75, 3.05) is 25.6 Å². The molecule has 0 spiro atoms. The van der Waals surface area contributed by atoms with Crippen molar-refractivity contribution in [2.24, 2.45) is 4.99 Å². The quantitative estimate of drug-likeness (QED) is 0.637. The number of amides is 2. The predicted octanol–water partition coefficient (Wildman–Crippen LogP) is 3.85. The Morgan fingerprint density at radius 2 is 1.78 bits per heavy atom. The molecule has 2 aromatic carbocycles. The predicted molar refractivity (Wildman–Crippen MR) is 125 cm³/mol. The minimum Gasteiger partial charge on any atom is -0.494 e. The molecule has 2 aromatic rings. The molecule has 8 nitrogen and oxygen atoms in total. The third-order valence-electron chi connectivity index (χ3n) is 4.60. The van der Waals surface area contributed by atoms with Crippen LogP contribution in [0.4, 0.5) is 11.4 Å². The lowest BCUT2D eigenvalue weighted by Crippen LogP contribution is -2.43. The Hall–Kier alpha value is -3.33. The molecule has 0 radical (unpaired) electrons. The Kier molecular flexibility index (Phi) is 7.88. The van der Waals surface area contributed by atoms with Gasteiger partial charge in [0, 0.05) is 19.2 Å². The lowest BCUT2D eigenvalue weighted by Gasteiger charge is -2.28. The summed E-state index contributed by atoms with van der Waals surface area (Å²) in [4.78, 5) is 43.0. The molecule has 1 aliphatic rings. The topological polar surface area (TPSA) is 97.3 Å². The second kappa shape index (κ2) is 10.8. The summed E-state index contributed by atoms with van der Waals surface area (Å²) < 4.78 is 10.4. The van der Waals surface area contributed by atoms with Crippen LogP contribution in [0.3, 0.4) is 0 Å². The van der Waals surface area contributed by atoms with Gasteiger partial charge in [-0.2, -0.15) is 0 Å². The van der Waals surface area contributed by atoms with Crippen LogP contribution in [-0.2, 0) is 14.3 Å². The van der Waals surface area contributed by atoms with E-state index < -0.39 is 11.2 Å². The first-order valence-corrected chi connectivity index (χ1v) is 11.1. The summed E-state index contributed by atoms with van der Waals surface area (Å²) in [5.41, 5.74) is 1.59. The summed E-state index contributed by atoms with van der Waals surface area (Å²) in [6.07, 6.45) is 0.0657. The fourth-order valence-corrected chi connectivity index (χ4v) is 3.98. The Labute approximate surface area is 191 Å². The van der Waals surface area contributed by atoms with Crippen molar-refractivity contribution in [3.8, 4) is 5.75 Å². The SMILES string of the molecule is CCOC(=O)c1ccc(NC(=O)C2CC(=O)N(C)C(=Nc3ccc(OCC)cc3)S2)cc1. The van der Waals surface area contributed by atoms with E-state index in [1.54, 1.807) is 50.4 Å². The van der Waals surface area contributed by atoms with Crippen molar-refractivity contribution in [3.63, 3.8) is 0 Å². The van der Waals surface area contributed by atoms with E-state index in [1.165, 1.54) is 16.7 Å². The average molecular weight is 456 g/mol. The molecule has 0 aliphatic carbocycles. The number of carbonyl (C=O) groups excluding carboxylic acids is 3. The number of hydrogen-bond acceptors (Lipinski definition) is 7. The third kappa shape index (κ3) is 5.88. The number of hydrogen-bond donors (Lipinski definition) is 1. The molecule has 0 aromatic heterocycles. The van der Waals surface area contributed by atoms with Crippen LogP contribution in [0.5, 0.6) is 5.75 Å². The maximum absolute atomic E-state index is 12.8. The van der Waals surface area contributed by atoms with Gasteiger partial charge >= 0.3 is 5.97 Å². The molecular formula is C23H25N3O5S. The Bertz CT molecular complexity index is 1010. The lowest BCUT2D eigenvalue weighted by atomic mass is 10.2. The smallest absolute Gasteiger partial charge is 0.338 e. The monoisotopic (exact) mass is 455 g/mol. The number of thioether (sulfide) groups is 1. The standard InChI is InChI=1S/C23H25N3O5S/c1-4-30-18-12-10-17(11-13-18)25-23-26(3)20(27)14-19(32-23)21(28)24-16-8-6-15(7-9-16)22(29)31-5-2/h6-13,19H,4-5,14H2,1-3H3,(H,24,28). The molecule has 168 valence electrons. The van der Waals surface area contributed by atoms with Crippen molar-refractivity contribution in [3.05, 3.63) is 54.1 Å². The van der Waals surface area contributed by atoms with E-state index in [-0.39, 0.29) is 18.2 Å². The van der Waals surface area contributed by atoms with Gasteiger partial charge in [0.1, 0.15) is 11.0 Å². The number of benzene rings is 2. The molecule has 1 atom stereocenters. The van der Waals surface area contributed by atoms with Crippen LogP contribution in [0.1, 0.15) is 30.6 Å². The van der Waals surface area contributed by atoms with E-state index in [2.05, 4.69) is 10.3 Å². The zero-order valence-corrected chi connectivity index (χ0v) is 19.0. The maximum atomic E-state index is 12.8. The lowest BCUT2D eigenvalue weighted by molar-refractivity contribution is -0.128. The van der Waals surface area contributed by atoms with Crippen molar-refractivity contribution in [1.29, 1.82) is 0 Å².